The summed E-state index contributed by atoms with van der Waals surface area (Å²) in [6.45, 7) is 6.50. The van der Waals surface area contributed by atoms with Crippen molar-refractivity contribution in [3.63, 3.8) is 0 Å². The largest absolute Gasteiger partial charge is 0.462 e. The van der Waals surface area contributed by atoms with Gasteiger partial charge in [0, 0.05) is 19.3 Å². The lowest BCUT2D eigenvalue weighted by molar-refractivity contribution is -0.167. The Morgan fingerprint density at radius 2 is 0.506 bits per heavy atom. The third-order valence-electron chi connectivity index (χ3n) is 14.0. The average Bonchev–Trinajstić information content (AvgIpc) is 3.43. The van der Waals surface area contributed by atoms with Gasteiger partial charge in [0.1, 0.15) is 13.2 Å². The van der Waals surface area contributed by atoms with Gasteiger partial charge in [-0.3, -0.25) is 14.4 Å². The molecular formula is C71H122O6. The van der Waals surface area contributed by atoms with Crippen molar-refractivity contribution in [1.29, 1.82) is 0 Å². The maximum atomic E-state index is 12.9. The Bertz CT molecular complexity index is 1510. The van der Waals surface area contributed by atoms with Gasteiger partial charge in [0.25, 0.3) is 0 Å². The van der Waals surface area contributed by atoms with Crippen molar-refractivity contribution in [2.24, 2.45) is 0 Å². The number of ether oxygens (including phenoxy) is 3. The van der Waals surface area contributed by atoms with Gasteiger partial charge in [-0.05, 0) is 122 Å². The average molecular weight is 1070 g/mol. The lowest BCUT2D eigenvalue weighted by Crippen LogP contribution is -2.30. The third kappa shape index (κ3) is 63.0. The fraction of sp³-hybridized carbons (Fsp3) is 0.732. The molecule has 0 saturated carbocycles. The number of carbonyl (C=O) groups is 3. The summed E-state index contributed by atoms with van der Waals surface area (Å²) in [4.78, 5) is 38.3. The zero-order chi connectivity index (χ0) is 55.7. The number of unbranched alkanes of at least 4 members (excludes halogenated alkanes) is 32. The van der Waals surface area contributed by atoms with Crippen molar-refractivity contribution in [2.75, 3.05) is 13.2 Å². The van der Waals surface area contributed by atoms with Gasteiger partial charge in [-0.25, -0.2) is 0 Å². The van der Waals surface area contributed by atoms with E-state index in [1.54, 1.807) is 0 Å². The molecule has 0 aliphatic heterocycles. The first-order valence-electron chi connectivity index (χ1n) is 32.7. The second-order valence-corrected chi connectivity index (χ2v) is 21.6. The fourth-order valence-corrected chi connectivity index (χ4v) is 9.14. The summed E-state index contributed by atoms with van der Waals surface area (Å²) in [7, 11) is 0. The molecule has 6 nitrogen and oxygen atoms in total. The highest BCUT2D eigenvalue weighted by molar-refractivity contribution is 5.71. The number of carbonyl (C=O) groups excluding carboxylic acids is 3. The van der Waals surface area contributed by atoms with Crippen molar-refractivity contribution < 1.29 is 28.6 Å². The molecule has 0 heterocycles. The summed E-state index contributed by atoms with van der Waals surface area (Å²) in [6, 6.07) is 0. The van der Waals surface area contributed by atoms with Crippen molar-refractivity contribution in [3.8, 4) is 0 Å². The van der Waals surface area contributed by atoms with Gasteiger partial charge in [0.2, 0.25) is 0 Å². The van der Waals surface area contributed by atoms with Crippen LogP contribution in [0.4, 0.5) is 0 Å². The van der Waals surface area contributed by atoms with Crippen LogP contribution in [0.25, 0.3) is 0 Å². The molecule has 0 saturated heterocycles. The van der Waals surface area contributed by atoms with Crippen LogP contribution in [0, 0.1) is 0 Å². The molecular weight excluding hydrogens is 949 g/mol. The van der Waals surface area contributed by atoms with Crippen LogP contribution in [0.1, 0.15) is 316 Å². The highest BCUT2D eigenvalue weighted by atomic mass is 16.6. The molecule has 0 aromatic carbocycles. The van der Waals surface area contributed by atoms with Crippen LogP contribution in [0.2, 0.25) is 0 Å². The summed E-state index contributed by atoms with van der Waals surface area (Å²) in [5.41, 5.74) is 0. The Hall–Kier alpha value is -3.67. The van der Waals surface area contributed by atoms with Crippen molar-refractivity contribution >= 4 is 17.9 Å². The standard InChI is InChI=1S/C71H122O6/c1-4-7-10-13-16-19-22-25-27-29-31-32-33-34-35-36-37-38-40-41-43-46-49-52-55-58-61-64-70(73)76-67-68(66-75-69(72)63-60-57-54-51-48-45-24-21-18-15-12-9-6-3)77-71(74)65-62-59-56-53-50-47-44-42-39-30-28-26-23-20-17-14-11-8-5-2/h7,10,16-17,19-21,24-28,31-32,34-35,68H,4-6,8-9,11-15,18,22-23,29-30,33,36-67H2,1-3H3/b10-7-,19-16-,20-17-,24-21-,27-25-,28-26-,32-31-,35-34-. The van der Waals surface area contributed by atoms with E-state index < -0.39 is 6.10 Å². The van der Waals surface area contributed by atoms with E-state index >= 15 is 0 Å². The van der Waals surface area contributed by atoms with E-state index in [1.807, 2.05) is 0 Å². The Morgan fingerprint density at radius 1 is 0.273 bits per heavy atom. The number of esters is 3. The van der Waals surface area contributed by atoms with Crippen LogP contribution in [0.15, 0.2) is 97.2 Å². The molecule has 0 N–H and O–H groups in total. The molecule has 442 valence electrons. The second-order valence-electron chi connectivity index (χ2n) is 21.6. The van der Waals surface area contributed by atoms with Gasteiger partial charge in [0.05, 0.1) is 0 Å². The molecule has 0 bridgehead atoms. The summed E-state index contributed by atoms with van der Waals surface area (Å²) >= 11 is 0. The zero-order valence-corrected chi connectivity index (χ0v) is 50.7. The van der Waals surface area contributed by atoms with Crippen LogP contribution < -0.4 is 0 Å². The molecule has 77 heavy (non-hydrogen) atoms. The van der Waals surface area contributed by atoms with E-state index in [0.29, 0.717) is 19.3 Å². The predicted octanol–water partition coefficient (Wildman–Crippen LogP) is 22.4. The predicted molar refractivity (Wildman–Crippen MR) is 334 cm³/mol. The maximum Gasteiger partial charge on any atom is 0.306 e. The van der Waals surface area contributed by atoms with E-state index in [9.17, 15) is 14.4 Å². The van der Waals surface area contributed by atoms with E-state index in [1.165, 1.54) is 173 Å². The molecule has 0 aliphatic carbocycles. The minimum Gasteiger partial charge on any atom is -0.462 e. The molecule has 0 rings (SSSR count). The molecule has 1 unspecified atom stereocenters. The molecule has 0 amide bonds. The third-order valence-corrected chi connectivity index (χ3v) is 14.0. The fourth-order valence-electron chi connectivity index (χ4n) is 9.14. The van der Waals surface area contributed by atoms with Crippen molar-refractivity contribution in [1.82, 2.24) is 0 Å². The second kappa shape index (κ2) is 64.9. The molecule has 0 aromatic heterocycles. The van der Waals surface area contributed by atoms with E-state index in [0.717, 1.165) is 103 Å². The summed E-state index contributed by atoms with van der Waals surface area (Å²) in [5.74, 6) is -0.887. The summed E-state index contributed by atoms with van der Waals surface area (Å²) in [6.07, 6.45) is 87.0. The van der Waals surface area contributed by atoms with Crippen LogP contribution in [0.5, 0.6) is 0 Å². The minimum atomic E-state index is -0.786. The van der Waals surface area contributed by atoms with Crippen LogP contribution in [-0.2, 0) is 28.6 Å². The van der Waals surface area contributed by atoms with Gasteiger partial charge in [-0.15, -0.1) is 0 Å². The first-order chi connectivity index (χ1) is 38.0. The zero-order valence-electron chi connectivity index (χ0n) is 50.7. The Morgan fingerprint density at radius 3 is 0.831 bits per heavy atom. The van der Waals surface area contributed by atoms with Crippen molar-refractivity contribution in [3.05, 3.63) is 97.2 Å². The summed E-state index contributed by atoms with van der Waals surface area (Å²) < 4.78 is 16.9. The topological polar surface area (TPSA) is 78.9 Å². The lowest BCUT2D eigenvalue weighted by atomic mass is 10.0. The van der Waals surface area contributed by atoms with E-state index in [-0.39, 0.29) is 31.1 Å². The molecule has 6 heteroatoms. The molecule has 1 atom stereocenters. The maximum absolute atomic E-state index is 12.9. The van der Waals surface area contributed by atoms with Gasteiger partial charge < -0.3 is 14.2 Å². The van der Waals surface area contributed by atoms with Gasteiger partial charge >= 0.3 is 17.9 Å². The quantitative estimate of drug-likeness (QED) is 0.0261. The molecule has 0 radical (unpaired) electrons. The minimum absolute atomic E-state index is 0.0821. The van der Waals surface area contributed by atoms with Crippen LogP contribution in [0.3, 0.4) is 0 Å². The summed E-state index contributed by atoms with van der Waals surface area (Å²) in [5, 5.41) is 0. The highest BCUT2D eigenvalue weighted by Gasteiger charge is 2.19. The van der Waals surface area contributed by atoms with Crippen LogP contribution >= 0.6 is 0 Å². The van der Waals surface area contributed by atoms with E-state index in [2.05, 4.69) is 118 Å². The molecule has 0 fully saturated rings. The Kier molecular flexibility index (Phi) is 61.8. The first-order valence-corrected chi connectivity index (χ1v) is 32.7. The smallest absolute Gasteiger partial charge is 0.306 e. The normalized spacial score (nSPS) is 12.7. The first kappa shape index (κ1) is 73.3. The number of allylic oxidation sites excluding steroid dienone is 16. The van der Waals surface area contributed by atoms with Gasteiger partial charge in [-0.2, -0.15) is 0 Å². The van der Waals surface area contributed by atoms with Crippen molar-refractivity contribution in [2.45, 2.75) is 322 Å². The SMILES string of the molecule is CC/C=C\C/C=C\C/C=C\C/C=C\C/C=C\CCCCCCCCCCCCCC(=O)OCC(COC(=O)CCCCCCC/C=C\CCCCCC)OC(=O)CCCCCCCCCCC/C=C\C/C=C\CCCCC. The highest BCUT2D eigenvalue weighted by Crippen LogP contribution is 2.16. The Balaban J connectivity index is 4.31. The lowest BCUT2D eigenvalue weighted by Gasteiger charge is -2.18. The van der Waals surface area contributed by atoms with E-state index in [4.69, 9.17) is 14.2 Å². The Labute approximate surface area is 477 Å². The monoisotopic (exact) mass is 1070 g/mol. The van der Waals surface area contributed by atoms with Gasteiger partial charge in [-0.1, -0.05) is 272 Å². The molecule has 0 spiro atoms. The number of hydrogen-bond donors (Lipinski definition) is 0. The number of hydrogen-bond acceptors (Lipinski definition) is 6. The molecule has 0 aliphatic rings. The molecule has 0 aromatic rings. The number of rotatable bonds is 59. The van der Waals surface area contributed by atoms with Crippen LogP contribution in [-0.4, -0.2) is 37.2 Å². The van der Waals surface area contributed by atoms with Gasteiger partial charge in [0.15, 0.2) is 6.10 Å².